The molecule has 3 rings (SSSR count). The van der Waals surface area contributed by atoms with Crippen LogP contribution < -0.4 is 5.73 Å². The minimum atomic E-state index is -0.271. The maximum Gasteiger partial charge on any atom is 0.123 e. The molecule has 0 aliphatic rings. The topological polar surface area (TPSA) is 26.0 Å². The highest BCUT2D eigenvalue weighted by Gasteiger charge is 2.05. The van der Waals surface area contributed by atoms with Crippen molar-refractivity contribution in [1.82, 2.24) is 0 Å². The summed E-state index contributed by atoms with van der Waals surface area (Å²) in [5, 5.41) is 2.29. The van der Waals surface area contributed by atoms with E-state index in [1.54, 1.807) is 6.07 Å². The molecular weight excluding hydrogens is 225 g/mol. The number of halogens is 1. The number of fused-ring (bicyclic) bond motifs is 1. The van der Waals surface area contributed by atoms with Gasteiger partial charge in [0.15, 0.2) is 0 Å². The number of nitrogen functional groups attached to an aromatic ring is 1. The van der Waals surface area contributed by atoms with E-state index in [1.165, 1.54) is 12.1 Å². The first-order chi connectivity index (χ1) is 8.74. The van der Waals surface area contributed by atoms with Crippen molar-refractivity contribution in [3.05, 3.63) is 66.5 Å². The minimum Gasteiger partial charge on any atom is -0.398 e. The molecule has 88 valence electrons. The maximum absolute atomic E-state index is 13.3. The van der Waals surface area contributed by atoms with Crippen LogP contribution in [0.3, 0.4) is 0 Å². The molecule has 0 aromatic heterocycles. The predicted octanol–water partition coefficient (Wildman–Crippen LogP) is 4.23. The van der Waals surface area contributed by atoms with E-state index in [9.17, 15) is 4.39 Å². The zero-order valence-electron chi connectivity index (χ0n) is 9.73. The molecule has 0 aliphatic heterocycles. The molecule has 0 saturated heterocycles. The summed E-state index contributed by atoms with van der Waals surface area (Å²) in [4.78, 5) is 0. The summed E-state index contributed by atoms with van der Waals surface area (Å²) >= 11 is 0. The van der Waals surface area contributed by atoms with Crippen LogP contribution in [0.2, 0.25) is 0 Å². The van der Waals surface area contributed by atoms with E-state index in [-0.39, 0.29) is 5.82 Å². The van der Waals surface area contributed by atoms with Crippen LogP contribution in [0.1, 0.15) is 0 Å². The Labute approximate surface area is 105 Å². The van der Waals surface area contributed by atoms with E-state index in [0.29, 0.717) is 5.69 Å². The van der Waals surface area contributed by atoms with E-state index in [4.69, 9.17) is 5.73 Å². The van der Waals surface area contributed by atoms with E-state index >= 15 is 0 Å². The van der Waals surface area contributed by atoms with Gasteiger partial charge >= 0.3 is 0 Å². The molecule has 2 heteroatoms. The summed E-state index contributed by atoms with van der Waals surface area (Å²) in [5.41, 5.74) is 8.16. The summed E-state index contributed by atoms with van der Waals surface area (Å²) in [6.07, 6.45) is 0. The fourth-order valence-corrected chi connectivity index (χ4v) is 2.14. The van der Waals surface area contributed by atoms with Gasteiger partial charge in [0.25, 0.3) is 0 Å². The fourth-order valence-electron chi connectivity index (χ4n) is 2.14. The molecule has 0 saturated carbocycles. The third-order valence-corrected chi connectivity index (χ3v) is 3.08. The highest BCUT2D eigenvalue weighted by Crippen LogP contribution is 2.29. The molecule has 0 spiro atoms. The second kappa shape index (κ2) is 4.15. The van der Waals surface area contributed by atoms with Crippen molar-refractivity contribution in [1.29, 1.82) is 0 Å². The maximum atomic E-state index is 13.3. The molecule has 0 radical (unpaired) electrons. The molecule has 0 unspecified atom stereocenters. The largest absolute Gasteiger partial charge is 0.398 e. The Morgan fingerprint density at radius 3 is 2.39 bits per heavy atom. The number of hydrogen-bond acceptors (Lipinski definition) is 1. The molecule has 0 heterocycles. The number of anilines is 1. The molecule has 0 amide bonds. The van der Waals surface area contributed by atoms with Crippen LogP contribution in [0, 0.1) is 5.82 Å². The van der Waals surface area contributed by atoms with E-state index in [2.05, 4.69) is 0 Å². The van der Waals surface area contributed by atoms with Crippen LogP contribution in [0.15, 0.2) is 60.7 Å². The van der Waals surface area contributed by atoms with Crippen LogP contribution in [-0.2, 0) is 0 Å². The zero-order chi connectivity index (χ0) is 12.5. The summed E-state index contributed by atoms with van der Waals surface area (Å²) < 4.78 is 13.3. The van der Waals surface area contributed by atoms with E-state index < -0.39 is 0 Å². The molecule has 0 atom stereocenters. The van der Waals surface area contributed by atoms with Crippen molar-refractivity contribution in [2.24, 2.45) is 0 Å². The standard InChI is InChI=1S/C16H12FN/c17-14-7-8-16(18)15(10-14)13-6-5-11-3-1-2-4-12(11)9-13/h1-10H,18H2. The van der Waals surface area contributed by atoms with Gasteiger partial charge in [0.2, 0.25) is 0 Å². The summed E-state index contributed by atoms with van der Waals surface area (Å²) in [6.45, 7) is 0. The van der Waals surface area contributed by atoms with Gasteiger partial charge in [0.05, 0.1) is 0 Å². The fraction of sp³-hybridized carbons (Fsp3) is 0. The first kappa shape index (κ1) is 10.8. The molecule has 2 N–H and O–H groups in total. The van der Waals surface area contributed by atoms with Gasteiger partial charge in [0, 0.05) is 11.3 Å². The second-order valence-electron chi connectivity index (χ2n) is 4.29. The van der Waals surface area contributed by atoms with Crippen LogP contribution >= 0.6 is 0 Å². The van der Waals surface area contributed by atoms with Gasteiger partial charge in [-0.15, -0.1) is 0 Å². The second-order valence-corrected chi connectivity index (χ2v) is 4.29. The lowest BCUT2D eigenvalue weighted by atomic mass is 10.00. The molecular formula is C16H12FN. The van der Waals surface area contributed by atoms with Crippen molar-refractivity contribution < 1.29 is 4.39 Å². The summed E-state index contributed by atoms with van der Waals surface area (Å²) in [5.74, 6) is -0.271. The third kappa shape index (κ3) is 1.82. The first-order valence-electron chi connectivity index (χ1n) is 5.78. The predicted molar refractivity (Wildman–Crippen MR) is 73.8 cm³/mol. The van der Waals surface area contributed by atoms with Crippen LogP contribution in [0.25, 0.3) is 21.9 Å². The average molecular weight is 237 g/mol. The van der Waals surface area contributed by atoms with Crippen molar-refractivity contribution in [3.63, 3.8) is 0 Å². The van der Waals surface area contributed by atoms with Gasteiger partial charge < -0.3 is 5.73 Å². The smallest absolute Gasteiger partial charge is 0.123 e. The molecule has 0 aliphatic carbocycles. The molecule has 1 nitrogen and oxygen atoms in total. The highest BCUT2D eigenvalue weighted by atomic mass is 19.1. The molecule has 3 aromatic rings. The lowest BCUT2D eigenvalue weighted by Crippen LogP contribution is -1.91. The molecule has 0 fully saturated rings. The SMILES string of the molecule is Nc1ccc(F)cc1-c1ccc2ccccc2c1. The van der Waals surface area contributed by atoms with Crippen molar-refractivity contribution in [3.8, 4) is 11.1 Å². The van der Waals surface area contributed by atoms with Gasteiger partial charge in [0.1, 0.15) is 5.82 Å². The first-order valence-corrected chi connectivity index (χ1v) is 5.78. The Balaban J connectivity index is 2.22. The number of hydrogen-bond donors (Lipinski definition) is 1. The third-order valence-electron chi connectivity index (χ3n) is 3.08. The number of benzene rings is 3. The van der Waals surface area contributed by atoms with E-state index in [0.717, 1.165) is 21.9 Å². The number of rotatable bonds is 1. The Morgan fingerprint density at radius 2 is 1.56 bits per heavy atom. The van der Waals surface area contributed by atoms with E-state index in [1.807, 2.05) is 42.5 Å². The lowest BCUT2D eigenvalue weighted by molar-refractivity contribution is 0.628. The normalized spacial score (nSPS) is 10.7. The Bertz CT molecular complexity index is 719. The van der Waals surface area contributed by atoms with Crippen LogP contribution in [-0.4, -0.2) is 0 Å². The van der Waals surface area contributed by atoms with Crippen LogP contribution in [0.4, 0.5) is 10.1 Å². The quantitative estimate of drug-likeness (QED) is 0.630. The monoisotopic (exact) mass is 237 g/mol. The van der Waals surface area contributed by atoms with Crippen molar-refractivity contribution in [2.75, 3.05) is 5.73 Å². The molecule has 18 heavy (non-hydrogen) atoms. The molecule has 3 aromatic carbocycles. The van der Waals surface area contributed by atoms with Crippen molar-refractivity contribution >= 4 is 16.5 Å². The van der Waals surface area contributed by atoms with Crippen LogP contribution in [0.5, 0.6) is 0 Å². The molecule has 0 bridgehead atoms. The van der Waals surface area contributed by atoms with Gasteiger partial charge in [-0.05, 0) is 40.6 Å². The zero-order valence-corrected chi connectivity index (χ0v) is 9.73. The summed E-state index contributed by atoms with van der Waals surface area (Å²) in [6, 6.07) is 18.5. The van der Waals surface area contributed by atoms with Gasteiger partial charge in [-0.2, -0.15) is 0 Å². The van der Waals surface area contributed by atoms with Gasteiger partial charge in [-0.1, -0.05) is 36.4 Å². The Morgan fingerprint density at radius 1 is 0.778 bits per heavy atom. The minimum absolute atomic E-state index is 0.271. The Hall–Kier alpha value is -2.35. The number of nitrogens with two attached hydrogens (primary N) is 1. The highest BCUT2D eigenvalue weighted by molar-refractivity contribution is 5.89. The van der Waals surface area contributed by atoms with Crippen molar-refractivity contribution in [2.45, 2.75) is 0 Å². The average Bonchev–Trinajstić information content (AvgIpc) is 2.41. The van der Waals surface area contributed by atoms with Gasteiger partial charge in [-0.3, -0.25) is 0 Å². The summed E-state index contributed by atoms with van der Waals surface area (Å²) in [7, 11) is 0. The Kier molecular flexibility index (Phi) is 2.49. The van der Waals surface area contributed by atoms with Gasteiger partial charge in [-0.25, -0.2) is 4.39 Å². The lowest BCUT2D eigenvalue weighted by Gasteiger charge is -2.07.